The molecule has 0 aliphatic carbocycles. The number of carbonyl (C=O) groups excluding carboxylic acids is 1. The first-order chi connectivity index (χ1) is 7.97. The molecule has 0 radical (unpaired) electrons. The van der Waals surface area contributed by atoms with E-state index in [2.05, 4.69) is 10.0 Å². The van der Waals surface area contributed by atoms with Crippen molar-refractivity contribution in [2.24, 2.45) is 5.11 Å². The fourth-order valence-electron chi connectivity index (χ4n) is 1.20. The van der Waals surface area contributed by atoms with E-state index in [0.29, 0.717) is 0 Å². The number of hydrogen-bond donors (Lipinski definition) is 0. The Morgan fingerprint density at radius 1 is 1.53 bits per heavy atom. The smallest absolute Gasteiger partial charge is 0.279 e. The largest absolute Gasteiger partial charge is 0.345 e. The zero-order valence-corrected chi connectivity index (χ0v) is 9.19. The molecule has 0 spiro atoms. The molecule has 0 aromatic heterocycles. The van der Waals surface area contributed by atoms with Gasteiger partial charge in [-0.2, -0.15) is 0 Å². The second kappa shape index (κ2) is 4.95. The van der Waals surface area contributed by atoms with E-state index in [-0.39, 0.29) is 22.8 Å². The summed E-state index contributed by atoms with van der Waals surface area (Å²) in [7, 11) is 3.11. The Labute approximate surface area is 96.2 Å². The second-order valence-electron chi connectivity index (χ2n) is 3.35. The number of nitrogens with zero attached hydrogens (tertiary/aromatic N) is 5. The van der Waals surface area contributed by atoms with Crippen molar-refractivity contribution in [2.75, 3.05) is 14.1 Å². The van der Waals surface area contributed by atoms with Crippen molar-refractivity contribution in [1.29, 1.82) is 0 Å². The van der Waals surface area contributed by atoms with Crippen LogP contribution in [0.4, 0.5) is 11.4 Å². The molecule has 0 aliphatic heterocycles. The van der Waals surface area contributed by atoms with E-state index >= 15 is 0 Å². The molecule has 8 nitrogen and oxygen atoms in total. The van der Waals surface area contributed by atoms with Crippen LogP contribution in [0, 0.1) is 10.1 Å². The lowest BCUT2D eigenvalue weighted by molar-refractivity contribution is -0.384. The summed E-state index contributed by atoms with van der Waals surface area (Å²) in [6.07, 6.45) is 0. The lowest BCUT2D eigenvalue weighted by Crippen LogP contribution is -2.21. The van der Waals surface area contributed by atoms with Crippen LogP contribution in [-0.4, -0.2) is 29.8 Å². The Bertz CT molecular complexity index is 519. The number of hydrogen-bond acceptors (Lipinski definition) is 4. The van der Waals surface area contributed by atoms with E-state index in [1.54, 1.807) is 14.1 Å². The van der Waals surface area contributed by atoms with Gasteiger partial charge in [0.05, 0.1) is 4.92 Å². The maximum absolute atomic E-state index is 11.6. The first-order valence-electron chi connectivity index (χ1n) is 4.52. The highest BCUT2D eigenvalue weighted by atomic mass is 16.6. The molecule has 1 aromatic carbocycles. The highest BCUT2D eigenvalue weighted by Gasteiger charge is 2.16. The second-order valence-corrected chi connectivity index (χ2v) is 3.35. The number of amides is 1. The summed E-state index contributed by atoms with van der Waals surface area (Å²) in [6.45, 7) is 0. The molecule has 0 saturated heterocycles. The Morgan fingerprint density at radius 2 is 2.18 bits per heavy atom. The SMILES string of the molecule is CN(C)C(=O)c1ccc([N+](=O)[O-])c(N=[N+]=[N-])c1. The molecule has 1 aromatic rings. The molecule has 88 valence electrons. The van der Waals surface area contributed by atoms with Crippen molar-refractivity contribution in [3.05, 3.63) is 44.3 Å². The van der Waals surface area contributed by atoms with Crippen LogP contribution < -0.4 is 0 Å². The minimum absolute atomic E-state index is 0.176. The molecule has 0 aliphatic rings. The number of rotatable bonds is 3. The molecular formula is C9H9N5O3. The third kappa shape index (κ3) is 2.70. The first-order valence-corrected chi connectivity index (χ1v) is 4.52. The number of carbonyl (C=O) groups is 1. The predicted octanol–water partition coefficient (Wildman–Crippen LogP) is 2.24. The lowest BCUT2D eigenvalue weighted by Gasteiger charge is -2.10. The van der Waals surface area contributed by atoms with Gasteiger partial charge in [-0.25, -0.2) is 0 Å². The molecule has 0 atom stereocenters. The Kier molecular flexibility index (Phi) is 3.63. The minimum atomic E-state index is -0.673. The summed E-state index contributed by atoms with van der Waals surface area (Å²) in [5.41, 5.74) is 8.02. The van der Waals surface area contributed by atoms with Crippen LogP contribution in [-0.2, 0) is 0 Å². The van der Waals surface area contributed by atoms with Crippen LogP contribution in [0.2, 0.25) is 0 Å². The molecule has 0 unspecified atom stereocenters. The summed E-state index contributed by atoms with van der Waals surface area (Å²) >= 11 is 0. The van der Waals surface area contributed by atoms with Crippen LogP contribution in [0.15, 0.2) is 23.3 Å². The van der Waals surface area contributed by atoms with E-state index in [4.69, 9.17) is 5.53 Å². The molecule has 17 heavy (non-hydrogen) atoms. The zero-order chi connectivity index (χ0) is 13.0. The maximum atomic E-state index is 11.6. The highest BCUT2D eigenvalue weighted by molar-refractivity contribution is 5.95. The number of nitro groups is 1. The molecule has 1 rings (SSSR count). The summed E-state index contributed by atoms with van der Waals surface area (Å²) in [4.78, 5) is 25.4. The first kappa shape index (κ1) is 12.5. The predicted molar refractivity (Wildman–Crippen MR) is 59.9 cm³/mol. The Hall–Kier alpha value is -2.60. The number of nitro benzene ring substituents is 1. The Morgan fingerprint density at radius 3 is 2.65 bits per heavy atom. The summed E-state index contributed by atoms with van der Waals surface area (Å²) in [6, 6.07) is 3.65. The van der Waals surface area contributed by atoms with Gasteiger partial charge in [0.25, 0.3) is 11.6 Å². The van der Waals surface area contributed by atoms with Crippen LogP contribution >= 0.6 is 0 Å². The van der Waals surface area contributed by atoms with Crippen molar-refractivity contribution in [3.8, 4) is 0 Å². The summed E-state index contributed by atoms with van der Waals surface area (Å²) in [5, 5.41) is 13.8. The molecule has 0 saturated carbocycles. The quantitative estimate of drug-likeness (QED) is 0.263. The van der Waals surface area contributed by atoms with Crippen LogP contribution in [0.1, 0.15) is 10.4 Å². The highest BCUT2D eigenvalue weighted by Crippen LogP contribution is 2.28. The fourth-order valence-corrected chi connectivity index (χ4v) is 1.20. The molecule has 8 heteroatoms. The van der Waals surface area contributed by atoms with Gasteiger partial charge in [0.15, 0.2) is 0 Å². The minimum Gasteiger partial charge on any atom is -0.345 e. The van der Waals surface area contributed by atoms with Crippen LogP contribution in [0.3, 0.4) is 0 Å². The van der Waals surface area contributed by atoms with Gasteiger partial charge in [-0.05, 0) is 17.7 Å². The summed E-state index contributed by atoms with van der Waals surface area (Å²) in [5.74, 6) is -0.325. The van der Waals surface area contributed by atoms with E-state index in [1.165, 1.54) is 17.0 Å². The van der Waals surface area contributed by atoms with Crippen molar-refractivity contribution in [3.63, 3.8) is 0 Å². The number of azide groups is 1. The molecule has 1 amide bonds. The fraction of sp³-hybridized carbons (Fsp3) is 0.222. The van der Waals surface area contributed by atoms with Crippen molar-refractivity contribution in [1.82, 2.24) is 4.90 Å². The molecule has 0 heterocycles. The van der Waals surface area contributed by atoms with Crippen molar-refractivity contribution >= 4 is 17.3 Å². The van der Waals surface area contributed by atoms with Gasteiger partial charge in [-0.1, -0.05) is 5.11 Å². The van der Waals surface area contributed by atoms with Gasteiger partial charge in [0.1, 0.15) is 5.69 Å². The van der Waals surface area contributed by atoms with E-state index in [1.807, 2.05) is 0 Å². The number of benzene rings is 1. The zero-order valence-electron chi connectivity index (χ0n) is 9.19. The third-order valence-corrected chi connectivity index (χ3v) is 1.98. The van der Waals surface area contributed by atoms with Crippen molar-refractivity contribution < 1.29 is 9.72 Å². The molecule has 0 fully saturated rings. The van der Waals surface area contributed by atoms with Gasteiger partial charge < -0.3 is 4.90 Å². The van der Waals surface area contributed by atoms with Gasteiger partial charge in [-0.15, -0.1) is 0 Å². The third-order valence-electron chi connectivity index (χ3n) is 1.98. The van der Waals surface area contributed by atoms with Crippen LogP contribution in [0.5, 0.6) is 0 Å². The van der Waals surface area contributed by atoms with E-state index in [0.717, 1.165) is 6.07 Å². The lowest BCUT2D eigenvalue weighted by atomic mass is 10.1. The topological polar surface area (TPSA) is 112 Å². The average Bonchev–Trinajstić information content (AvgIpc) is 2.27. The monoisotopic (exact) mass is 235 g/mol. The molecule has 0 bridgehead atoms. The molecule has 0 N–H and O–H groups in total. The maximum Gasteiger partial charge on any atom is 0.279 e. The Balaban J connectivity index is 3.32. The van der Waals surface area contributed by atoms with E-state index in [9.17, 15) is 14.9 Å². The van der Waals surface area contributed by atoms with Gasteiger partial charge in [0.2, 0.25) is 0 Å². The van der Waals surface area contributed by atoms with Crippen molar-refractivity contribution in [2.45, 2.75) is 0 Å². The standard InChI is InChI=1S/C9H9N5O3/c1-13(2)9(15)6-3-4-8(14(16)17)7(5-6)11-12-10/h3-5H,1-2H3. The summed E-state index contributed by atoms with van der Waals surface area (Å²) < 4.78 is 0. The molecular weight excluding hydrogens is 226 g/mol. The van der Waals surface area contributed by atoms with Gasteiger partial charge >= 0.3 is 0 Å². The normalized spacial score (nSPS) is 9.29. The van der Waals surface area contributed by atoms with E-state index < -0.39 is 4.92 Å². The van der Waals surface area contributed by atoms with Crippen LogP contribution in [0.25, 0.3) is 10.4 Å². The van der Waals surface area contributed by atoms with Gasteiger partial charge in [-0.3, -0.25) is 14.9 Å². The average molecular weight is 235 g/mol. The van der Waals surface area contributed by atoms with Gasteiger partial charge in [0, 0.05) is 30.6 Å².